The van der Waals surface area contributed by atoms with E-state index in [1.807, 2.05) is 49.2 Å². The Labute approximate surface area is 197 Å². The van der Waals surface area contributed by atoms with E-state index in [4.69, 9.17) is 33.0 Å². The van der Waals surface area contributed by atoms with Crippen molar-refractivity contribution in [3.63, 3.8) is 0 Å². The van der Waals surface area contributed by atoms with Gasteiger partial charge >= 0.3 is 0 Å². The van der Waals surface area contributed by atoms with Gasteiger partial charge in [0.1, 0.15) is 11.4 Å². The van der Waals surface area contributed by atoms with Gasteiger partial charge in [-0.15, -0.1) is 0 Å². The number of halogens is 2. The smallest absolute Gasteiger partial charge is 0.286 e. The first-order valence-corrected chi connectivity index (χ1v) is 11.5. The molecule has 1 amide bonds. The molecular formula is C24H24Cl2N4O2. The highest BCUT2D eigenvalue weighted by atomic mass is 35.5. The Bertz CT molecular complexity index is 1200. The topological polar surface area (TPSA) is 59.4 Å². The maximum absolute atomic E-state index is 13.4. The highest BCUT2D eigenvalue weighted by molar-refractivity contribution is 6.35. The first kappa shape index (κ1) is 21.3. The van der Waals surface area contributed by atoms with Crippen LogP contribution in [0.3, 0.4) is 0 Å². The molecule has 2 aliphatic heterocycles. The van der Waals surface area contributed by atoms with Crippen LogP contribution < -0.4 is 10.2 Å². The number of ether oxygens (including phenoxy) is 1. The van der Waals surface area contributed by atoms with Crippen LogP contribution in [0.2, 0.25) is 10.0 Å². The molecule has 1 N–H and O–H groups in total. The van der Waals surface area contributed by atoms with Crippen molar-refractivity contribution in [1.29, 1.82) is 0 Å². The van der Waals surface area contributed by atoms with E-state index in [0.717, 1.165) is 48.5 Å². The maximum atomic E-state index is 13.4. The van der Waals surface area contributed by atoms with Gasteiger partial charge in [-0.1, -0.05) is 41.8 Å². The van der Waals surface area contributed by atoms with Gasteiger partial charge in [0, 0.05) is 23.7 Å². The lowest BCUT2D eigenvalue weighted by atomic mass is 9.89. The average molecular weight is 471 g/mol. The van der Waals surface area contributed by atoms with Crippen molar-refractivity contribution in [2.45, 2.75) is 38.7 Å². The van der Waals surface area contributed by atoms with Crippen LogP contribution in [0.15, 0.2) is 42.5 Å². The van der Waals surface area contributed by atoms with Crippen LogP contribution in [0.5, 0.6) is 5.75 Å². The van der Waals surface area contributed by atoms with E-state index >= 15 is 0 Å². The summed E-state index contributed by atoms with van der Waals surface area (Å²) in [5.74, 6) is 0.488. The fourth-order valence-corrected chi connectivity index (χ4v) is 4.99. The van der Waals surface area contributed by atoms with Crippen molar-refractivity contribution < 1.29 is 9.53 Å². The highest BCUT2D eigenvalue weighted by Crippen LogP contribution is 2.47. The molecule has 0 radical (unpaired) electrons. The minimum atomic E-state index is -0.768. The molecule has 166 valence electrons. The van der Waals surface area contributed by atoms with Crippen molar-refractivity contribution >= 4 is 29.1 Å². The monoisotopic (exact) mass is 470 g/mol. The molecule has 1 fully saturated rings. The fraction of sp³-hybridized carbons (Fsp3) is 0.333. The van der Waals surface area contributed by atoms with Gasteiger partial charge in [0.05, 0.1) is 22.0 Å². The van der Waals surface area contributed by atoms with E-state index in [2.05, 4.69) is 5.43 Å². The molecule has 32 heavy (non-hydrogen) atoms. The maximum Gasteiger partial charge on any atom is 0.286 e. The Kier molecular flexibility index (Phi) is 5.40. The number of para-hydroxylation sites is 1. The molecule has 0 spiro atoms. The van der Waals surface area contributed by atoms with Crippen molar-refractivity contribution in [2.75, 3.05) is 13.1 Å². The number of nitrogens with one attached hydrogen (secondary N) is 1. The zero-order valence-corrected chi connectivity index (χ0v) is 19.5. The van der Waals surface area contributed by atoms with Gasteiger partial charge in [-0.2, -0.15) is 5.10 Å². The van der Waals surface area contributed by atoms with Crippen LogP contribution in [-0.2, 0) is 5.60 Å². The summed E-state index contributed by atoms with van der Waals surface area (Å²) < 4.78 is 8.06. The molecule has 5 rings (SSSR count). The van der Waals surface area contributed by atoms with Gasteiger partial charge in [-0.3, -0.25) is 10.2 Å². The van der Waals surface area contributed by atoms with Crippen LogP contribution in [-0.4, -0.2) is 33.8 Å². The molecule has 1 aromatic heterocycles. The SMILES string of the molecule is CC1(C)Oc2ccccc2-c2c1c(C(=O)NN1CCCCC1)nn2-c1ccc(Cl)cc1Cl. The lowest BCUT2D eigenvalue weighted by Gasteiger charge is -2.34. The van der Waals surface area contributed by atoms with Gasteiger partial charge in [0.2, 0.25) is 0 Å². The lowest BCUT2D eigenvalue weighted by molar-refractivity contribution is 0.0720. The quantitative estimate of drug-likeness (QED) is 0.540. The van der Waals surface area contributed by atoms with Crippen molar-refractivity contribution in [3.8, 4) is 22.7 Å². The number of hydrazine groups is 1. The summed E-state index contributed by atoms with van der Waals surface area (Å²) in [4.78, 5) is 13.4. The Balaban J connectivity index is 1.71. The molecule has 1 saturated heterocycles. The Morgan fingerprint density at radius 1 is 1.09 bits per heavy atom. The number of carbonyl (C=O) groups is 1. The van der Waals surface area contributed by atoms with Gasteiger partial charge in [-0.05, 0) is 57.0 Å². The standard InChI is InChI=1S/C24H24Cl2N4O2/c1-24(2)20-21(23(31)28-29-12-6-3-7-13-29)27-30(18-11-10-15(25)14-17(18)26)22(20)16-8-4-5-9-19(16)32-24/h4-5,8-11,14H,3,6-7,12-13H2,1-2H3,(H,28,31). The third kappa shape index (κ3) is 3.66. The Morgan fingerprint density at radius 2 is 1.84 bits per heavy atom. The number of aromatic nitrogens is 2. The molecule has 0 atom stereocenters. The number of fused-ring (bicyclic) bond motifs is 3. The number of hydrogen-bond donors (Lipinski definition) is 1. The predicted molar refractivity (Wildman–Crippen MR) is 126 cm³/mol. The second-order valence-corrected chi connectivity index (χ2v) is 9.52. The van der Waals surface area contributed by atoms with Gasteiger partial charge < -0.3 is 4.74 Å². The largest absolute Gasteiger partial charge is 0.482 e. The van der Waals surface area contributed by atoms with E-state index in [-0.39, 0.29) is 5.91 Å². The second-order valence-electron chi connectivity index (χ2n) is 8.68. The molecule has 0 aliphatic carbocycles. The van der Waals surface area contributed by atoms with Crippen molar-refractivity contribution in [3.05, 3.63) is 63.8 Å². The average Bonchev–Trinajstić information content (AvgIpc) is 3.16. The summed E-state index contributed by atoms with van der Waals surface area (Å²) in [6.45, 7) is 5.57. The fourth-order valence-electron chi connectivity index (χ4n) is 4.50. The summed E-state index contributed by atoms with van der Waals surface area (Å²) in [5, 5.41) is 7.74. The van der Waals surface area contributed by atoms with Gasteiger partial charge in [0.15, 0.2) is 5.69 Å². The number of amides is 1. The van der Waals surface area contributed by atoms with Crippen molar-refractivity contribution in [1.82, 2.24) is 20.2 Å². The molecule has 3 aromatic rings. The molecule has 8 heteroatoms. The summed E-state index contributed by atoms with van der Waals surface area (Å²) in [6.07, 6.45) is 3.31. The van der Waals surface area contributed by atoms with Crippen LogP contribution in [0.25, 0.3) is 16.9 Å². The first-order valence-electron chi connectivity index (χ1n) is 10.8. The predicted octanol–water partition coefficient (Wildman–Crippen LogP) is 5.60. The molecule has 2 aliphatic rings. The first-order chi connectivity index (χ1) is 15.3. The third-order valence-corrected chi connectivity index (χ3v) is 6.50. The molecule has 0 unspecified atom stereocenters. The zero-order chi connectivity index (χ0) is 22.5. The van der Waals surface area contributed by atoms with Gasteiger partial charge in [0.25, 0.3) is 5.91 Å². The minimum Gasteiger partial charge on any atom is -0.482 e. The van der Waals surface area contributed by atoms with E-state index in [1.54, 1.807) is 16.8 Å². The third-order valence-electron chi connectivity index (χ3n) is 5.96. The van der Waals surface area contributed by atoms with Crippen LogP contribution >= 0.6 is 23.2 Å². The summed E-state index contributed by atoms with van der Waals surface area (Å²) >= 11 is 12.7. The lowest BCUT2D eigenvalue weighted by Crippen LogP contribution is -2.46. The minimum absolute atomic E-state index is 0.247. The Morgan fingerprint density at radius 3 is 2.59 bits per heavy atom. The Hall–Kier alpha value is -2.54. The molecule has 0 bridgehead atoms. The van der Waals surface area contributed by atoms with E-state index < -0.39 is 5.60 Å². The summed E-state index contributed by atoms with van der Waals surface area (Å²) in [6, 6.07) is 13.0. The molecular weight excluding hydrogens is 447 g/mol. The molecule has 2 aromatic carbocycles. The number of piperidine rings is 1. The summed E-state index contributed by atoms with van der Waals surface area (Å²) in [5.41, 5.74) is 5.64. The number of benzene rings is 2. The van der Waals surface area contributed by atoms with E-state index in [1.165, 1.54) is 6.42 Å². The van der Waals surface area contributed by atoms with Crippen LogP contribution in [0.4, 0.5) is 0 Å². The summed E-state index contributed by atoms with van der Waals surface area (Å²) in [7, 11) is 0. The van der Waals surface area contributed by atoms with Crippen LogP contribution in [0.1, 0.15) is 49.2 Å². The number of hydrogen-bond acceptors (Lipinski definition) is 4. The number of carbonyl (C=O) groups excluding carboxylic acids is 1. The molecule has 3 heterocycles. The molecule has 6 nitrogen and oxygen atoms in total. The van der Waals surface area contributed by atoms with Crippen molar-refractivity contribution in [2.24, 2.45) is 0 Å². The highest BCUT2D eigenvalue weighted by Gasteiger charge is 2.41. The number of rotatable bonds is 3. The molecule has 0 saturated carbocycles. The van der Waals surface area contributed by atoms with E-state index in [9.17, 15) is 4.79 Å². The second kappa shape index (κ2) is 8.10. The van der Waals surface area contributed by atoms with E-state index in [0.29, 0.717) is 21.4 Å². The zero-order valence-electron chi connectivity index (χ0n) is 18.0. The number of nitrogens with zero attached hydrogens (tertiary/aromatic N) is 3. The van der Waals surface area contributed by atoms with Gasteiger partial charge in [-0.25, -0.2) is 9.69 Å². The van der Waals surface area contributed by atoms with Crippen LogP contribution in [0, 0.1) is 0 Å². The normalized spacial score (nSPS) is 17.2.